The molecule has 2 unspecified atom stereocenters. The summed E-state index contributed by atoms with van der Waals surface area (Å²) in [5, 5.41) is 13.9. The second kappa shape index (κ2) is 3.96. The summed E-state index contributed by atoms with van der Waals surface area (Å²) in [5.41, 5.74) is 1.14. The van der Waals surface area contributed by atoms with Crippen LogP contribution in [0.25, 0.3) is 0 Å². The molecular formula is C10H11IN2O2. The van der Waals surface area contributed by atoms with Gasteiger partial charge in [-0.15, -0.1) is 0 Å². The molecule has 0 aromatic heterocycles. The van der Waals surface area contributed by atoms with Crippen LogP contribution in [-0.2, 0) is 0 Å². The molecule has 1 aliphatic carbocycles. The van der Waals surface area contributed by atoms with Gasteiger partial charge < -0.3 is 5.32 Å². The highest BCUT2D eigenvalue weighted by atomic mass is 127. The van der Waals surface area contributed by atoms with Crippen LogP contribution >= 0.6 is 22.6 Å². The van der Waals surface area contributed by atoms with E-state index in [4.69, 9.17) is 0 Å². The Bertz CT molecular complexity index is 408. The highest BCUT2D eigenvalue weighted by Crippen LogP contribution is 2.34. The van der Waals surface area contributed by atoms with Crippen LogP contribution in [0, 0.1) is 19.6 Å². The number of rotatable bonds is 3. The van der Waals surface area contributed by atoms with E-state index in [1.807, 2.05) is 0 Å². The van der Waals surface area contributed by atoms with Gasteiger partial charge >= 0.3 is 0 Å². The Morgan fingerprint density at radius 1 is 1.60 bits per heavy atom. The lowest BCUT2D eigenvalue weighted by Gasteiger charge is -2.06. The van der Waals surface area contributed by atoms with Gasteiger partial charge in [0.25, 0.3) is 5.69 Å². The van der Waals surface area contributed by atoms with Gasteiger partial charge in [-0.25, -0.2) is 0 Å². The van der Waals surface area contributed by atoms with E-state index in [0.717, 1.165) is 15.2 Å². The van der Waals surface area contributed by atoms with Crippen molar-refractivity contribution in [3.63, 3.8) is 0 Å². The fourth-order valence-electron chi connectivity index (χ4n) is 1.46. The minimum absolute atomic E-state index is 0.147. The Morgan fingerprint density at radius 3 is 2.73 bits per heavy atom. The average Bonchev–Trinajstić information content (AvgIpc) is 2.85. The third kappa shape index (κ3) is 2.39. The Balaban J connectivity index is 2.15. The van der Waals surface area contributed by atoms with Crippen molar-refractivity contribution >= 4 is 34.0 Å². The lowest BCUT2D eigenvalue weighted by atomic mass is 10.3. The van der Waals surface area contributed by atoms with Crippen molar-refractivity contribution in [1.29, 1.82) is 0 Å². The first-order valence-electron chi connectivity index (χ1n) is 4.78. The zero-order chi connectivity index (χ0) is 11.0. The summed E-state index contributed by atoms with van der Waals surface area (Å²) in [4.78, 5) is 10.2. The number of anilines is 1. The molecule has 5 heteroatoms. The third-order valence-electron chi connectivity index (χ3n) is 2.61. The van der Waals surface area contributed by atoms with E-state index in [2.05, 4.69) is 34.8 Å². The molecule has 0 aliphatic heterocycles. The summed E-state index contributed by atoms with van der Waals surface area (Å²) in [6.45, 7) is 2.19. The maximum absolute atomic E-state index is 10.5. The van der Waals surface area contributed by atoms with Gasteiger partial charge in [0.05, 0.1) is 4.92 Å². The molecule has 80 valence electrons. The van der Waals surface area contributed by atoms with Gasteiger partial charge in [-0.05, 0) is 41.0 Å². The summed E-state index contributed by atoms with van der Waals surface area (Å²) >= 11 is 2.12. The van der Waals surface area contributed by atoms with Crippen molar-refractivity contribution in [2.24, 2.45) is 5.92 Å². The van der Waals surface area contributed by atoms with Gasteiger partial charge in [0.15, 0.2) is 0 Å². The molecule has 2 rings (SSSR count). The molecule has 1 aliphatic rings. The van der Waals surface area contributed by atoms with Gasteiger partial charge in [0.2, 0.25) is 0 Å². The normalized spacial score (nSPS) is 23.6. The molecule has 0 bridgehead atoms. The predicted octanol–water partition coefficient (Wildman–Crippen LogP) is 3.02. The summed E-state index contributed by atoms with van der Waals surface area (Å²) in [6.07, 6.45) is 1.19. The molecular weight excluding hydrogens is 307 g/mol. The Hall–Kier alpha value is -0.850. The third-order valence-corrected chi connectivity index (χ3v) is 3.51. The molecule has 15 heavy (non-hydrogen) atoms. The lowest BCUT2D eigenvalue weighted by molar-refractivity contribution is -0.384. The number of hydrogen-bond donors (Lipinski definition) is 1. The number of nitro benzene ring substituents is 1. The molecule has 1 aromatic carbocycles. The predicted molar refractivity (Wildman–Crippen MR) is 67.0 cm³/mol. The van der Waals surface area contributed by atoms with Crippen molar-refractivity contribution < 1.29 is 4.92 Å². The van der Waals surface area contributed by atoms with Gasteiger partial charge in [-0.1, -0.05) is 6.92 Å². The van der Waals surface area contributed by atoms with Crippen molar-refractivity contribution in [1.82, 2.24) is 0 Å². The molecule has 1 fully saturated rings. The highest BCUT2D eigenvalue weighted by Gasteiger charge is 2.32. The fraction of sp³-hybridized carbons (Fsp3) is 0.400. The number of halogens is 1. The molecule has 0 amide bonds. The maximum Gasteiger partial charge on any atom is 0.270 e. The van der Waals surface area contributed by atoms with Crippen LogP contribution in [0.15, 0.2) is 18.2 Å². The van der Waals surface area contributed by atoms with E-state index in [0.29, 0.717) is 6.04 Å². The topological polar surface area (TPSA) is 55.2 Å². The number of benzene rings is 1. The van der Waals surface area contributed by atoms with Crippen LogP contribution in [0.4, 0.5) is 11.4 Å². The van der Waals surface area contributed by atoms with Crippen LogP contribution in [0.3, 0.4) is 0 Å². The number of non-ortho nitro benzene ring substituents is 1. The Morgan fingerprint density at radius 2 is 2.27 bits per heavy atom. The standard InChI is InChI=1S/C10H11IN2O2/c1-6-4-10(6)12-9-3-2-7(13(14)15)5-8(9)11/h2-3,5-6,10,12H,4H2,1H3. The van der Waals surface area contributed by atoms with Gasteiger partial charge in [0.1, 0.15) is 0 Å². The van der Waals surface area contributed by atoms with Gasteiger partial charge in [-0.3, -0.25) is 10.1 Å². The zero-order valence-electron chi connectivity index (χ0n) is 8.24. The van der Waals surface area contributed by atoms with Gasteiger partial charge in [-0.2, -0.15) is 0 Å². The monoisotopic (exact) mass is 318 g/mol. The Labute approximate surface area is 101 Å². The van der Waals surface area contributed by atoms with E-state index in [1.165, 1.54) is 12.5 Å². The maximum atomic E-state index is 10.5. The van der Waals surface area contributed by atoms with E-state index in [9.17, 15) is 10.1 Å². The van der Waals surface area contributed by atoms with E-state index >= 15 is 0 Å². The highest BCUT2D eigenvalue weighted by molar-refractivity contribution is 14.1. The lowest BCUT2D eigenvalue weighted by Crippen LogP contribution is -2.05. The number of nitro groups is 1. The van der Waals surface area contributed by atoms with Crippen molar-refractivity contribution in [2.45, 2.75) is 19.4 Å². The van der Waals surface area contributed by atoms with Gasteiger partial charge in [0, 0.05) is 27.4 Å². The van der Waals surface area contributed by atoms with E-state index in [1.54, 1.807) is 12.1 Å². The zero-order valence-corrected chi connectivity index (χ0v) is 10.4. The second-order valence-corrected chi connectivity index (χ2v) is 5.05. The van der Waals surface area contributed by atoms with Crippen LogP contribution in [-0.4, -0.2) is 11.0 Å². The molecule has 0 spiro atoms. The fourth-order valence-corrected chi connectivity index (χ4v) is 2.11. The minimum atomic E-state index is -0.369. The molecule has 0 heterocycles. The first-order valence-corrected chi connectivity index (χ1v) is 5.86. The molecule has 0 saturated heterocycles. The smallest absolute Gasteiger partial charge is 0.270 e. The SMILES string of the molecule is CC1CC1Nc1ccc([N+](=O)[O-])cc1I. The summed E-state index contributed by atoms with van der Waals surface area (Å²) in [5.74, 6) is 0.719. The molecule has 1 saturated carbocycles. The van der Waals surface area contributed by atoms with Crippen molar-refractivity contribution in [2.75, 3.05) is 5.32 Å². The van der Waals surface area contributed by atoms with Crippen LogP contribution < -0.4 is 5.32 Å². The van der Waals surface area contributed by atoms with Crippen LogP contribution in [0.5, 0.6) is 0 Å². The van der Waals surface area contributed by atoms with Crippen LogP contribution in [0.1, 0.15) is 13.3 Å². The summed E-state index contributed by atoms with van der Waals surface area (Å²) in [7, 11) is 0. The summed E-state index contributed by atoms with van der Waals surface area (Å²) < 4.78 is 0.904. The first kappa shape index (κ1) is 10.7. The molecule has 4 nitrogen and oxygen atoms in total. The molecule has 1 N–H and O–H groups in total. The molecule has 1 aromatic rings. The first-order chi connectivity index (χ1) is 7.08. The second-order valence-electron chi connectivity index (χ2n) is 3.89. The number of nitrogens with zero attached hydrogens (tertiary/aromatic N) is 1. The van der Waals surface area contributed by atoms with Crippen LogP contribution in [0.2, 0.25) is 0 Å². The van der Waals surface area contributed by atoms with E-state index < -0.39 is 0 Å². The average molecular weight is 318 g/mol. The van der Waals surface area contributed by atoms with E-state index in [-0.39, 0.29) is 10.6 Å². The Kier molecular flexibility index (Phi) is 2.81. The quantitative estimate of drug-likeness (QED) is 0.529. The summed E-state index contributed by atoms with van der Waals surface area (Å²) in [6, 6.07) is 5.46. The number of hydrogen-bond acceptors (Lipinski definition) is 3. The molecule has 0 radical (unpaired) electrons. The number of nitrogens with one attached hydrogen (secondary N) is 1. The van der Waals surface area contributed by atoms with Crippen molar-refractivity contribution in [3.8, 4) is 0 Å². The van der Waals surface area contributed by atoms with Crippen molar-refractivity contribution in [3.05, 3.63) is 31.9 Å². The largest absolute Gasteiger partial charge is 0.381 e. The minimum Gasteiger partial charge on any atom is -0.381 e. The molecule has 2 atom stereocenters.